The van der Waals surface area contributed by atoms with Gasteiger partial charge in [0.25, 0.3) is 0 Å². The number of benzene rings is 2. The molecule has 0 atom stereocenters. The summed E-state index contributed by atoms with van der Waals surface area (Å²) < 4.78 is 0. The molecule has 2 aromatic carbocycles. The summed E-state index contributed by atoms with van der Waals surface area (Å²) in [4.78, 5) is 12.1. The van der Waals surface area contributed by atoms with E-state index in [1.54, 1.807) is 0 Å². The summed E-state index contributed by atoms with van der Waals surface area (Å²) in [6.07, 6.45) is 1.19. The third-order valence-electron chi connectivity index (χ3n) is 3.41. The van der Waals surface area contributed by atoms with Crippen LogP contribution < -0.4 is 0 Å². The van der Waals surface area contributed by atoms with Gasteiger partial charge in [0.2, 0.25) is 0 Å². The van der Waals surface area contributed by atoms with Crippen molar-refractivity contribution in [1.29, 1.82) is 0 Å². The number of carbonyl (C=O) groups is 1. The zero-order chi connectivity index (χ0) is 15.8. The molecule has 0 amide bonds. The van der Waals surface area contributed by atoms with Gasteiger partial charge in [-0.1, -0.05) is 60.7 Å². The number of rotatable bonds is 7. The Balaban J connectivity index is 1.83. The van der Waals surface area contributed by atoms with Crippen molar-refractivity contribution in [3.05, 3.63) is 71.8 Å². The van der Waals surface area contributed by atoms with Gasteiger partial charge < -0.3 is 0 Å². The molecule has 0 saturated carbocycles. The third kappa shape index (κ3) is 5.17. The maximum Gasteiger partial charge on any atom is 0.163 e. The first kappa shape index (κ1) is 16.0. The van der Waals surface area contributed by atoms with Crippen LogP contribution in [0.15, 0.2) is 65.8 Å². The Hall–Kier alpha value is -2.42. The predicted molar refractivity (Wildman–Crippen MR) is 91.0 cm³/mol. The van der Waals surface area contributed by atoms with Crippen LogP contribution in [0.1, 0.15) is 35.7 Å². The van der Waals surface area contributed by atoms with E-state index in [0.717, 1.165) is 17.8 Å². The lowest BCUT2D eigenvalue weighted by atomic mass is 10.1. The van der Waals surface area contributed by atoms with E-state index in [9.17, 15) is 4.79 Å². The van der Waals surface area contributed by atoms with Gasteiger partial charge in [0.05, 0.1) is 6.54 Å². The van der Waals surface area contributed by atoms with E-state index < -0.39 is 0 Å². The summed E-state index contributed by atoms with van der Waals surface area (Å²) in [6.45, 7) is 2.74. The van der Waals surface area contributed by atoms with E-state index in [4.69, 9.17) is 0 Å². The Labute approximate surface area is 132 Å². The van der Waals surface area contributed by atoms with Gasteiger partial charge in [0, 0.05) is 24.7 Å². The lowest BCUT2D eigenvalue weighted by Gasteiger charge is -2.14. The van der Waals surface area contributed by atoms with Crippen LogP contribution in [0.3, 0.4) is 0 Å². The SMILES string of the molecule is C/C(CCC(=O)c1ccccc1)=N\N(C)Cc1ccccc1. The molecule has 0 aliphatic rings. The minimum atomic E-state index is 0.167. The summed E-state index contributed by atoms with van der Waals surface area (Å²) in [7, 11) is 1.95. The van der Waals surface area contributed by atoms with Gasteiger partial charge in [-0.15, -0.1) is 0 Å². The molecule has 0 aliphatic heterocycles. The van der Waals surface area contributed by atoms with Crippen molar-refractivity contribution in [2.45, 2.75) is 26.3 Å². The third-order valence-corrected chi connectivity index (χ3v) is 3.41. The van der Waals surface area contributed by atoms with E-state index >= 15 is 0 Å². The molecule has 0 N–H and O–H groups in total. The number of hydrogen-bond acceptors (Lipinski definition) is 3. The Morgan fingerprint density at radius 1 is 0.955 bits per heavy atom. The van der Waals surface area contributed by atoms with E-state index in [-0.39, 0.29) is 5.78 Å². The summed E-state index contributed by atoms with van der Waals surface area (Å²) >= 11 is 0. The van der Waals surface area contributed by atoms with E-state index in [1.807, 2.05) is 67.5 Å². The van der Waals surface area contributed by atoms with Gasteiger partial charge in [0.1, 0.15) is 0 Å². The molecular weight excluding hydrogens is 272 g/mol. The van der Waals surface area contributed by atoms with Crippen molar-refractivity contribution in [3.8, 4) is 0 Å². The molecule has 0 spiro atoms. The molecule has 0 fully saturated rings. The van der Waals surface area contributed by atoms with Gasteiger partial charge in [-0.05, 0) is 18.9 Å². The molecule has 0 aromatic heterocycles. The highest BCUT2D eigenvalue weighted by Crippen LogP contribution is 2.07. The molecule has 0 unspecified atom stereocenters. The molecule has 0 radical (unpaired) electrons. The molecule has 0 aliphatic carbocycles. The number of hydrogen-bond donors (Lipinski definition) is 0. The first-order valence-electron chi connectivity index (χ1n) is 7.52. The van der Waals surface area contributed by atoms with Crippen LogP contribution in [0.4, 0.5) is 0 Å². The van der Waals surface area contributed by atoms with E-state index in [2.05, 4.69) is 17.2 Å². The minimum absolute atomic E-state index is 0.167. The Morgan fingerprint density at radius 3 is 2.18 bits per heavy atom. The number of carbonyl (C=O) groups excluding carboxylic acids is 1. The number of ketones is 1. The quantitative estimate of drug-likeness (QED) is 0.436. The Kier molecular flexibility index (Phi) is 5.90. The van der Waals surface area contributed by atoms with Crippen LogP contribution in [-0.4, -0.2) is 23.6 Å². The van der Waals surface area contributed by atoms with Gasteiger partial charge in [-0.25, -0.2) is 0 Å². The maximum absolute atomic E-state index is 12.1. The molecule has 3 heteroatoms. The highest BCUT2D eigenvalue weighted by molar-refractivity contribution is 5.98. The molecule has 114 valence electrons. The van der Waals surface area contributed by atoms with Gasteiger partial charge in [-0.3, -0.25) is 9.80 Å². The normalized spacial score (nSPS) is 11.3. The molecule has 3 nitrogen and oxygen atoms in total. The van der Waals surface area contributed by atoms with Gasteiger partial charge in [-0.2, -0.15) is 5.10 Å². The predicted octanol–water partition coefficient (Wildman–Crippen LogP) is 4.16. The highest BCUT2D eigenvalue weighted by Gasteiger charge is 2.06. The van der Waals surface area contributed by atoms with Gasteiger partial charge in [0.15, 0.2) is 5.78 Å². The maximum atomic E-state index is 12.1. The number of Topliss-reactive ketones (excluding diaryl/α,β-unsaturated/α-hetero) is 1. The summed E-state index contributed by atoms with van der Waals surface area (Å²) in [5, 5.41) is 6.45. The fraction of sp³-hybridized carbons (Fsp3) is 0.263. The Morgan fingerprint density at radius 2 is 1.55 bits per heavy atom. The molecule has 0 saturated heterocycles. The largest absolute Gasteiger partial charge is 0.296 e. The monoisotopic (exact) mass is 294 g/mol. The molecule has 22 heavy (non-hydrogen) atoms. The zero-order valence-electron chi connectivity index (χ0n) is 13.2. The number of hydrazone groups is 1. The molecule has 2 aromatic rings. The van der Waals surface area contributed by atoms with E-state index in [0.29, 0.717) is 12.8 Å². The van der Waals surface area contributed by atoms with Crippen LogP contribution in [0, 0.1) is 0 Å². The second-order valence-corrected chi connectivity index (χ2v) is 5.43. The lowest BCUT2D eigenvalue weighted by molar-refractivity contribution is 0.0984. The van der Waals surface area contributed by atoms with Crippen LogP contribution >= 0.6 is 0 Å². The Bertz CT molecular complexity index is 620. The highest BCUT2D eigenvalue weighted by atomic mass is 16.1. The summed E-state index contributed by atoms with van der Waals surface area (Å²) in [5.41, 5.74) is 2.97. The average molecular weight is 294 g/mol. The summed E-state index contributed by atoms with van der Waals surface area (Å²) in [6, 6.07) is 19.6. The lowest BCUT2D eigenvalue weighted by Crippen LogP contribution is -2.13. The average Bonchev–Trinajstić information content (AvgIpc) is 2.54. The van der Waals surface area contributed by atoms with Crippen LogP contribution in [-0.2, 0) is 6.54 Å². The van der Waals surface area contributed by atoms with Crippen molar-refractivity contribution >= 4 is 11.5 Å². The first-order valence-corrected chi connectivity index (χ1v) is 7.52. The van der Waals surface area contributed by atoms with Crippen molar-refractivity contribution in [1.82, 2.24) is 5.01 Å². The fourth-order valence-corrected chi connectivity index (χ4v) is 2.29. The molecular formula is C19H22N2O. The van der Waals surface area contributed by atoms with Crippen LogP contribution in [0.25, 0.3) is 0 Å². The molecule has 0 bridgehead atoms. The van der Waals surface area contributed by atoms with Gasteiger partial charge >= 0.3 is 0 Å². The molecule has 0 heterocycles. The van der Waals surface area contributed by atoms with Crippen molar-refractivity contribution in [3.63, 3.8) is 0 Å². The second-order valence-electron chi connectivity index (χ2n) is 5.43. The van der Waals surface area contributed by atoms with Crippen molar-refractivity contribution in [2.24, 2.45) is 5.10 Å². The first-order chi connectivity index (χ1) is 10.6. The number of nitrogens with zero attached hydrogens (tertiary/aromatic N) is 2. The molecule has 2 rings (SSSR count). The standard InChI is InChI=1S/C19H22N2O/c1-16(13-14-19(22)18-11-7-4-8-12-18)20-21(2)15-17-9-5-3-6-10-17/h3-12H,13-15H2,1-2H3/b20-16+. The van der Waals surface area contributed by atoms with E-state index in [1.165, 1.54) is 5.56 Å². The van der Waals surface area contributed by atoms with Crippen molar-refractivity contribution in [2.75, 3.05) is 7.05 Å². The second kappa shape index (κ2) is 8.13. The van der Waals surface area contributed by atoms with Crippen molar-refractivity contribution < 1.29 is 4.79 Å². The topological polar surface area (TPSA) is 32.7 Å². The minimum Gasteiger partial charge on any atom is -0.296 e. The zero-order valence-corrected chi connectivity index (χ0v) is 13.2. The summed E-state index contributed by atoms with van der Waals surface area (Å²) in [5.74, 6) is 0.167. The van der Waals surface area contributed by atoms with Crippen LogP contribution in [0.5, 0.6) is 0 Å². The van der Waals surface area contributed by atoms with Crippen LogP contribution in [0.2, 0.25) is 0 Å². The fourth-order valence-electron chi connectivity index (χ4n) is 2.29. The smallest absolute Gasteiger partial charge is 0.163 e.